The number of aryl methyl sites for hydroxylation is 1. The quantitative estimate of drug-likeness (QED) is 0.469. The standard InChI is InChI=1S/C22H19N5O3/c1-13-3-6-15(7-4-13)24-22(29)27-20-12-23-17-9-8-16(25-21(17)26-20)14-5-10-18(28)19(11-14)30-2/h3-12,28H,1-2H3,(H2,24,25,26,27,29). The summed E-state index contributed by atoms with van der Waals surface area (Å²) in [6, 6.07) is 15.6. The molecule has 0 fully saturated rings. The third-order valence-corrected chi connectivity index (χ3v) is 4.43. The highest BCUT2D eigenvalue weighted by Gasteiger charge is 2.10. The molecular formula is C22H19N5O3. The maximum atomic E-state index is 12.2. The van der Waals surface area contributed by atoms with Crippen molar-refractivity contribution in [2.24, 2.45) is 0 Å². The maximum Gasteiger partial charge on any atom is 0.324 e. The molecule has 0 spiro atoms. The van der Waals surface area contributed by atoms with Gasteiger partial charge < -0.3 is 15.2 Å². The fourth-order valence-electron chi connectivity index (χ4n) is 2.87. The van der Waals surface area contributed by atoms with E-state index >= 15 is 0 Å². The van der Waals surface area contributed by atoms with Crippen LogP contribution >= 0.6 is 0 Å². The number of hydrogen-bond donors (Lipinski definition) is 3. The number of urea groups is 1. The van der Waals surface area contributed by atoms with Gasteiger partial charge in [0.15, 0.2) is 23.0 Å². The zero-order valence-electron chi connectivity index (χ0n) is 16.4. The lowest BCUT2D eigenvalue weighted by Crippen LogP contribution is -2.20. The molecule has 2 aromatic heterocycles. The summed E-state index contributed by atoms with van der Waals surface area (Å²) in [5.41, 5.74) is 4.14. The van der Waals surface area contributed by atoms with Crippen molar-refractivity contribution in [2.45, 2.75) is 6.92 Å². The van der Waals surface area contributed by atoms with E-state index in [1.165, 1.54) is 13.3 Å². The van der Waals surface area contributed by atoms with Crippen LogP contribution in [0, 0.1) is 6.92 Å². The molecule has 0 aliphatic carbocycles. The number of rotatable bonds is 4. The number of nitrogens with one attached hydrogen (secondary N) is 2. The lowest BCUT2D eigenvalue weighted by molar-refractivity contribution is 0.262. The van der Waals surface area contributed by atoms with Crippen LogP contribution < -0.4 is 15.4 Å². The molecule has 2 heterocycles. The Hall–Kier alpha value is -4.20. The van der Waals surface area contributed by atoms with Crippen LogP contribution in [0.1, 0.15) is 5.56 Å². The first-order valence-corrected chi connectivity index (χ1v) is 9.18. The summed E-state index contributed by atoms with van der Waals surface area (Å²) in [6.45, 7) is 1.98. The van der Waals surface area contributed by atoms with Crippen molar-refractivity contribution in [2.75, 3.05) is 17.7 Å². The van der Waals surface area contributed by atoms with Gasteiger partial charge in [-0.15, -0.1) is 0 Å². The van der Waals surface area contributed by atoms with Gasteiger partial charge in [-0.1, -0.05) is 17.7 Å². The topological polar surface area (TPSA) is 109 Å². The molecule has 0 aliphatic heterocycles. The Bertz CT molecular complexity index is 1230. The Balaban J connectivity index is 1.57. The van der Waals surface area contributed by atoms with E-state index in [1.54, 1.807) is 30.3 Å². The molecule has 150 valence electrons. The van der Waals surface area contributed by atoms with E-state index < -0.39 is 6.03 Å². The second kappa shape index (κ2) is 8.04. The minimum atomic E-state index is -0.424. The average Bonchev–Trinajstić information content (AvgIpc) is 2.75. The normalized spacial score (nSPS) is 10.6. The van der Waals surface area contributed by atoms with Gasteiger partial charge in [0.05, 0.1) is 19.0 Å². The summed E-state index contributed by atoms with van der Waals surface area (Å²) in [5.74, 6) is 0.677. The van der Waals surface area contributed by atoms with E-state index in [0.717, 1.165) is 11.1 Å². The fraction of sp³-hybridized carbons (Fsp3) is 0.0909. The van der Waals surface area contributed by atoms with Gasteiger partial charge in [-0.3, -0.25) is 5.32 Å². The van der Waals surface area contributed by atoms with Crippen LogP contribution in [0.5, 0.6) is 11.5 Å². The average molecular weight is 401 g/mol. The molecule has 0 radical (unpaired) electrons. The number of pyridine rings is 1. The number of phenolic OH excluding ortho intramolecular Hbond substituents is 1. The second-order valence-corrected chi connectivity index (χ2v) is 6.63. The number of ether oxygens (including phenoxy) is 1. The van der Waals surface area contributed by atoms with Crippen LogP contribution in [0.15, 0.2) is 60.8 Å². The molecule has 0 saturated heterocycles. The van der Waals surface area contributed by atoms with Crippen molar-refractivity contribution in [1.82, 2.24) is 15.0 Å². The van der Waals surface area contributed by atoms with E-state index in [4.69, 9.17) is 4.74 Å². The number of carbonyl (C=O) groups is 1. The van der Waals surface area contributed by atoms with Crippen LogP contribution in [-0.4, -0.2) is 33.2 Å². The molecule has 2 aromatic carbocycles. The van der Waals surface area contributed by atoms with Crippen molar-refractivity contribution in [1.29, 1.82) is 0 Å². The molecule has 4 aromatic rings. The number of carbonyl (C=O) groups excluding carboxylic acids is 1. The van der Waals surface area contributed by atoms with Crippen molar-refractivity contribution in [3.63, 3.8) is 0 Å². The van der Waals surface area contributed by atoms with Gasteiger partial charge in [0.2, 0.25) is 0 Å². The third-order valence-electron chi connectivity index (χ3n) is 4.43. The van der Waals surface area contributed by atoms with Gasteiger partial charge in [-0.2, -0.15) is 0 Å². The smallest absolute Gasteiger partial charge is 0.324 e. The predicted molar refractivity (Wildman–Crippen MR) is 115 cm³/mol. The van der Waals surface area contributed by atoms with Crippen molar-refractivity contribution in [3.05, 3.63) is 66.4 Å². The fourth-order valence-corrected chi connectivity index (χ4v) is 2.87. The molecule has 4 rings (SSSR count). The van der Waals surface area contributed by atoms with E-state index in [-0.39, 0.29) is 11.6 Å². The molecule has 8 nitrogen and oxygen atoms in total. The lowest BCUT2D eigenvalue weighted by atomic mass is 10.1. The van der Waals surface area contributed by atoms with Gasteiger partial charge >= 0.3 is 6.03 Å². The molecule has 0 unspecified atom stereocenters. The number of benzene rings is 2. The molecule has 0 aliphatic rings. The summed E-state index contributed by atoms with van der Waals surface area (Å²) in [7, 11) is 1.48. The first kappa shape index (κ1) is 19.1. The predicted octanol–water partition coefficient (Wildman–Crippen LogP) is 4.36. The molecular weight excluding hydrogens is 382 g/mol. The highest BCUT2D eigenvalue weighted by molar-refractivity contribution is 5.99. The number of amides is 2. The SMILES string of the molecule is COc1cc(-c2ccc3ncc(NC(=O)Nc4ccc(C)cc4)nc3n2)ccc1O. The molecule has 0 atom stereocenters. The number of anilines is 2. The first-order valence-electron chi connectivity index (χ1n) is 9.18. The molecule has 0 bridgehead atoms. The number of phenols is 1. The van der Waals surface area contributed by atoms with Crippen molar-refractivity contribution < 1.29 is 14.6 Å². The molecule has 3 N–H and O–H groups in total. The number of methoxy groups -OCH3 is 1. The zero-order valence-corrected chi connectivity index (χ0v) is 16.4. The zero-order chi connectivity index (χ0) is 21.1. The number of fused-ring (bicyclic) bond motifs is 1. The Labute approximate surface area is 172 Å². The minimum absolute atomic E-state index is 0.0490. The molecule has 0 saturated carbocycles. The number of aromatic hydroxyl groups is 1. The van der Waals surface area contributed by atoms with Crippen LogP contribution in [0.2, 0.25) is 0 Å². The lowest BCUT2D eigenvalue weighted by Gasteiger charge is -2.09. The monoisotopic (exact) mass is 401 g/mol. The summed E-state index contributed by atoms with van der Waals surface area (Å²) in [4.78, 5) is 25.5. The summed E-state index contributed by atoms with van der Waals surface area (Å²) in [5, 5.41) is 15.2. The van der Waals surface area contributed by atoms with Gasteiger partial charge in [0.1, 0.15) is 5.52 Å². The Morgan fingerprint density at radius 3 is 2.57 bits per heavy atom. The minimum Gasteiger partial charge on any atom is -0.504 e. The number of nitrogens with zero attached hydrogens (tertiary/aromatic N) is 3. The van der Waals surface area contributed by atoms with E-state index in [2.05, 4.69) is 25.6 Å². The summed E-state index contributed by atoms with van der Waals surface area (Å²) >= 11 is 0. The Morgan fingerprint density at radius 2 is 1.80 bits per heavy atom. The second-order valence-electron chi connectivity index (χ2n) is 6.63. The first-order chi connectivity index (χ1) is 14.5. The van der Waals surface area contributed by atoms with Gasteiger partial charge in [-0.05, 0) is 49.4 Å². The Morgan fingerprint density at radius 1 is 1.00 bits per heavy atom. The van der Waals surface area contributed by atoms with Gasteiger partial charge in [0.25, 0.3) is 0 Å². The number of aromatic nitrogens is 3. The highest BCUT2D eigenvalue weighted by Crippen LogP contribution is 2.31. The number of hydrogen-bond acceptors (Lipinski definition) is 6. The third kappa shape index (κ3) is 4.12. The highest BCUT2D eigenvalue weighted by atomic mass is 16.5. The van der Waals surface area contributed by atoms with Crippen LogP contribution in [0.4, 0.5) is 16.3 Å². The van der Waals surface area contributed by atoms with Crippen molar-refractivity contribution >= 4 is 28.7 Å². The van der Waals surface area contributed by atoms with Crippen LogP contribution in [0.3, 0.4) is 0 Å². The molecule has 8 heteroatoms. The summed E-state index contributed by atoms with van der Waals surface area (Å²) in [6.07, 6.45) is 1.47. The summed E-state index contributed by atoms with van der Waals surface area (Å²) < 4.78 is 5.15. The molecule has 30 heavy (non-hydrogen) atoms. The van der Waals surface area contributed by atoms with E-state index in [9.17, 15) is 9.90 Å². The largest absolute Gasteiger partial charge is 0.504 e. The molecule has 2 amide bonds. The van der Waals surface area contributed by atoms with Gasteiger partial charge in [0, 0.05) is 11.3 Å². The maximum absolute atomic E-state index is 12.2. The van der Waals surface area contributed by atoms with E-state index in [0.29, 0.717) is 28.3 Å². The van der Waals surface area contributed by atoms with Gasteiger partial charge in [-0.25, -0.2) is 19.7 Å². The van der Waals surface area contributed by atoms with Crippen LogP contribution in [-0.2, 0) is 0 Å². The van der Waals surface area contributed by atoms with Crippen molar-refractivity contribution in [3.8, 4) is 22.8 Å². The Kier molecular flexibility index (Phi) is 5.13. The van der Waals surface area contributed by atoms with E-state index in [1.807, 2.05) is 31.2 Å². The van der Waals surface area contributed by atoms with Crippen LogP contribution in [0.25, 0.3) is 22.4 Å².